The zero-order valence-corrected chi connectivity index (χ0v) is 18.6. The number of nitrogens with two attached hydrogens (primary N) is 1. The van der Waals surface area contributed by atoms with Crippen molar-refractivity contribution in [2.45, 2.75) is 18.9 Å². The zero-order valence-electron chi connectivity index (χ0n) is 17.0. The van der Waals surface area contributed by atoms with Gasteiger partial charge in [-0.3, -0.25) is 0 Å². The molecule has 3 aromatic heterocycles. The van der Waals surface area contributed by atoms with Gasteiger partial charge in [-0.25, -0.2) is 19.3 Å². The molecule has 7 nitrogen and oxygen atoms in total. The van der Waals surface area contributed by atoms with Crippen LogP contribution in [0.3, 0.4) is 0 Å². The maximum atomic E-state index is 14.1. The quantitative estimate of drug-likeness (QED) is 0.365. The Morgan fingerprint density at radius 1 is 1.23 bits per heavy atom. The molecule has 1 aromatic carbocycles. The zero-order chi connectivity index (χ0) is 22.0. The maximum Gasteiger partial charge on any atom is 0.220 e. The second-order valence-electron chi connectivity index (χ2n) is 6.99. The molecule has 0 aliphatic heterocycles. The summed E-state index contributed by atoms with van der Waals surface area (Å²) >= 11 is 3.46. The molecule has 3 heterocycles. The Bertz CT molecular complexity index is 1230. The molecule has 4 rings (SSSR count). The van der Waals surface area contributed by atoms with Gasteiger partial charge in [0.15, 0.2) is 0 Å². The van der Waals surface area contributed by atoms with Gasteiger partial charge in [0.2, 0.25) is 5.95 Å². The van der Waals surface area contributed by atoms with Gasteiger partial charge >= 0.3 is 0 Å². The first-order chi connectivity index (χ1) is 15.0. The monoisotopic (exact) mass is 485 g/mol. The summed E-state index contributed by atoms with van der Waals surface area (Å²) in [6.07, 6.45) is 4.01. The van der Waals surface area contributed by atoms with Crippen LogP contribution >= 0.6 is 15.9 Å². The molecular weight excluding hydrogens is 465 g/mol. The van der Waals surface area contributed by atoms with Crippen LogP contribution in [0.25, 0.3) is 22.3 Å². The minimum atomic E-state index is -1.07. The number of hydrogen-bond donors (Lipinski definition) is 2. The predicted octanol–water partition coefficient (Wildman–Crippen LogP) is 4.78. The third kappa shape index (κ3) is 4.04. The molecule has 0 aliphatic rings. The molecule has 3 N–H and O–H groups in total. The number of benzene rings is 1. The van der Waals surface area contributed by atoms with Gasteiger partial charge in [-0.2, -0.15) is 0 Å². The molecule has 1 atom stereocenters. The van der Waals surface area contributed by atoms with E-state index in [1.54, 1.807) is 18.3 Å². The Morgan fingerprint density at radius 3 is 2.81 bits per heavy atom. The Morgan fingerprint density at radius 2 is 2.06 bits per heavy atom. The van der Waals surface area contributed by atoms with Crippen molar-refractivity contribution >= 4 is 32.9 Å². The fourth-order valence-electron chi connectivity index (χ4n) is 3.69. The topological polar surface area (TPSA) is 98.9 Å². The first-order valence-electron chi connectivity index (χ1n) is 9.64. The molecule has 9 heteroatoms. The average Bonchev–Trinajstić information content (AvgIpc) is 3.17. The third-order valence-electron chi connectivity index (χ3n) is 5.14. The van der Waals surface area contributed by atoms with Crippen LogP contribution in [-0.4, -0.2) is 33.8 Å². The number of anilines is 1. The molecule has 0 amide bonds. The fourth-order valence-corrected chi connectivity index (χ4v) is 4.02. The molecule has 0 saturated carbocycles. The SMILES string of the molecule is CC[C@@](OCOC)(c1cccc(F)c1)c1cc(-c2c[nH]c3ncc(Br)cc23)nc(N)n1. The summed E-state index contributed by atoms with van der Waals surface area (Å²) in [5.41, 5.74) is 8.29. The molecule has 0 aliphatic carbocycles. The van der Waals surface area contributed by atoms with Gasteiger partial charge in [0.1, 0.15) is 23.9 Å². The lowest BCUT2D eigenvalue weighted by atomic mass is 9.86. The highest BCUT2D eigenvalue weighted by Gasteiger charge is 2.37. The number of aromatic amines is 1. The molecule has 0 radical (unpaired) electrons. The lowest BCUT2D eigenvalue weighted by Crippen LogP contribution is -2.33. The Balaban J connectivity index is 1.92. The van der Waals surface area contributed by atoms with Gasteiger partial charge in [-0.1, -0.05) is 19.1 Å². The van der Waals surface area contributed by atoms with Crippen LogP contribution in [0.5, 0.6) is 0 Å². The number of methoxy groups -OCH3 is 1. The largest absolute Gasteiger partial charge is 0.368 e. The minimum absolute atomic E-state index is 0.00640. The number of pyridine rings is 1. The number of nitrogens with zero attached hydrogens (tertiary/aromatic N) is 3. The fraction of sp³-hybridized carbons (Fsp3) is 0.227. The first kappa shape index (κ1) is 21.4. The number of hydrogen-bond acceptors (Lipinski definition) is 6. The summed E-state index contributed by atoms with van der Waals surface area (Å²) in [5, 5.41) is 0.879. The first-order valence-corrected chi connectivity index (χ1v) is 10.4. The molecule has 0 bridgehead atoms. The second kappa shape index (κ2) is 8.70. The second-order valence-corrected chi connectivity index (χ2v) is 7.91. The number of ether oxygens (including phenoxy) is 2. The van der Waals surface area contributed by atoms with E-state index in [0.29, 0.717) is 23.4 Å². The summed E-state index contributed by atoms with van der Waals surface area (Å²) in [6, 6.07) is 10.0. The van der Waals surface area contributed by atoms with Crippen molar-refractivity contribution in [3.63, 3.8) is 0 Å². The third-order valence-corrected chi connectivity index (χ3v) is 5.58. The highest BCUT2D eigenvalue weighted by molar-refractivity contribution is 9.10. The van der Waals surface area contributed by atoms with Crippen LogP contribution in [0, 0.1) is 5.82 Å². The van der Waals surface area contributed by atoms with E-state index < -0.39 is 5.60 Å². The Hall–Kier alpha value is -2.88. The molecule has 31 heavy (non-hydrogen) atoms. The summed E-state index contributed by atoms with van der Waals surface area (Å²) < 4.78 is 26.2. The predicted molar refractivity (Wildman–Crippen MR) is 120 cm³/mol. The van der Waals surface area contributed by atoms with E-state index in [9.17, 15) is 4.39 Å². The summed E-state index contributed by atoms with van der Waals surface area (Å²) in [6.45, 7) is 1.93. The van der Waals surface area contributed by atoms with Crippen LogP contribution in [0.4, 0.5) is 10.3 Å². The minimum Gasteiger partial charge on any atom is -0.368 e. The highest BCUT2D eigenvalue weighted by Crippen LogP contribution is 2.39. The van der Waals surface area contributed by atoms with Crippen molar-refractivity contribution in [1.29, 1.82) is 0 Å². The van der Waals surface area contributed by atoms with E-state index in [1.807, 2.05) is 25.3 Å². The van der Waals surface area contributed by atoms with Crippen LogP contribution in [0.1, 0.15) is 24.6 Å². The summed E-state index contributed by atoms with van der Waals surface area (Å²) in [5.74, 6) is -0.286. The molecular formula is C22H21BrFN5O2. The van der Waals surface area contributed by atoms with Gasteiger partial charge in [0.25, 0.3) is 0 Å². The Kier molecular flexibility index (Phi) is 5.99. The van der Waals surface area contributed by atoms with Crippen molar-refractivity contribution in [2.75, 3.05) is 19.6 Å². The van der Waals surface area contributed by atoms with Crippen molar-refractivity contribution in [1.82, 2.24) is 19.9 Å². The molecule has 4 aromatic rings. The molecule has 0 spiro atoms. The van der Waals surface area contributed by atoms with E-state index in [2.05, 4.69) is 35.9 Å². The van der Waals surface area contributed by atoms with Gasteiger partial charge < -0.3 is 20.2 Å². The van der Waals surface area contributed by atoms with Crippen molar-refractivity contribution in [3.05, 3.63) is 70.3 Å². The number of nitrogens with one attached hydrogen (secondary N) is 1. The maximum absolute atomic E-state index is 14.1. The van der Waals surface area contributed by atoms with E-state index in [4.69, 9.17) is 15.2 Å². The van der Waals surface area contributed by atoms with Crippen molar-refractivity contribution in [2.24, 2.45) is 0 Å². The van der Waals surface area contributed by atoms with Gasteiger partial charge in [0, 0.05) is 34.9 Å². The Labute approximate surface area is 187 Å². The number of nitrogen functional groups attached to an aromatic ring is 1. The van der Waals surface area contributed by atoms with Crippen molar-refractivity contribution in [3.8, 4) is 11.3 Å². The molecule has 160 valence electrons. The van der Waals surface area contributed by atoms with Gasteiger partial charge in [-0.05, 0) is 52.2 Å². The van der Waals surface area contributed by atoms with Crippen LogP contribution in [0.15, 0.2) is 53.3 Å². The molecule has 0 fully saturated rings. The van der Waals surface area contributed by atoms with E-state index >= 15 is 0 Å². The van der Waals surface area contributed by atoms with Gasteiger partial charge in [0.05, 0.1) is 11.4 Å². The standard InChI is InChI=1S/C22H21BrFN5O2/c1-3-22(31-12-30-2,13-5-4-6-15(24)7-13)19-9-18(28-21(25)29-19)17-11-27-20-16(17)8-14(23)10-26-20/h4-11H,3,12H2,1-2H3,(H,26,27)(H2,25,28,29)/t22-/m1/s1. The number of halogens is 2. The molecule has 0 unspecified atom stereocenters. The summed E-state index contributed by atoms with van der Waals surface area (Å²) in [7, 11) is 1.53. The van der Waals surface area contributed by atoms with E-state index in [-0.39, 0.29) is 18.6 Å². The number of fused-ring (bicyclic) bond motifs is 1. The number of H-pyrrole nitrogens is 1. The number of rotatable bonds is 7. The van der Waals surface area contributed by atoms with Gasteiger partial charge in [-0.15, -0.1) is 0 Å². The normalized spacial score (nSPS) is 13.4. The lowest BCUT2D eigenvalue weighted by Gasteiger charge is -2.33. The highest BCUT2D eigenvalue weighted by atomic mass is 79.9. The van der Waals surface area contributed by atoms with Crippen LogP contribution < -0.4 is 5.73 Å². The van der Waals surface area contributed by atoms with Crippen LogP contribution in [0.2, 0.25) is 0 Å². The van der Waals surface area contributed by atoms with Crippen LogP contribution in [-0.2, 0) is 15.1 Å². The van der Waals surface area contributed by atoms with E-state index in [0.717, 1.165) is 21.1 Å². The lowest BCUT2D eigenvalue weighted by molar-refractivity contribution is -0.119. The van der Waals surface area contributed by atoms with Crippen molar-refractivity contribution < 1.29 is 13.9 Å². The van der Waals surface area contributed by atoms with E-state index in [1.165, 1.54) is 19.2 Å². The molecule has 0 saturated heterocycles. The number of aromatic nitrogens is 4. The summed E-state index contributed by atoms with van der Waals surface area (Å²) in [4.78, 5) is 16.4. The average molecular weight is 486 g/mol. The smallest absolute Gasteiger partial charge is 0.220 e.